The van der Waals surface area contributed by atoms with Gasteiger partial charge in [0.05, 0.1) is 66.9 Å². The lowest BCUT2D eigenvalue weighted by Gasteiger charge is -2.14. The van der Waals surface area contributed by atoms with E-state index in [1.54, 1.807) is 0 Å². The van der Waals surface area contributed by atoms with E-state index in [0.29, 0.717) is 0 Å². The van der Waals surface area contributed by atoms with Crippen LogP contribution < -0.4 is 0 Å². The van der Waals surface area contributed by atoms with E-state index in [-0.39, 0.29) is 0 Å². The number of hydrogen-bond donors (Lipinski definition) is 0. The predicted octanol–water partition coefficient (Wildman–Crippen LogP) is 36.2. The largest absolute Gasteiger partial charge is 0.292 e. The van der Waals surface area contributed by atoms with Crippen molar-refractivity contribution >= 4 is 130 Å². The lowest BCUT2D eigenvalue weighted by atomic mass is 9.94. The molecule has 690 valence electrons. The van der Waals surface area contributed by atoms with Crippen molar-refractivity contribution in [3.8, 4) is 146 Å². The Kier molecular flexibility index (Phi) is 22.1. The molecule has 7 aromatic heterocycles. The van der Waals surface area contributed by atoms with Crippen molar-refractivity contribution in [1.82, 2.24) is 44.0 Å². The van der Waals surface area contributed by atoms with Crippen LogP contribution in [0.25, 0.3) is 276 Å². The smallest absolute Gasteiger partial charge is 0.145 e. The van der Waals surface area contributed by atoms with Crippen LogP contribution in [0, 0.1) is 0 Å². The van der Waals surface area contributed by atoms with Gasteiger partial charge in [-0.15, -0.1) is 0 Å². The van der Waals surface area contributed by atoms with Crippen molar-refractivity contribution in [3.05, 3.63) is 540 Å². The summed E-state index contributed by atoms with van der Waals surface area (Å²) < 4.78 is 4.51. The maximum Gasteiger partial charge on any atom is 0.145 e. The van der Waals surface area contributed by atoms with Crippen LogP contribution in [0.3, 0.4) is 0 Å². The number of benzene rings is 22. The number of imidazole rings is 2. The summed E-state index contributed by atoms with van der Waals surface area (Å²) in [6, 6.07) is 187. The van der Waals surface area contributed by atoms with Gasteiger partial charge < -0.3 is 0 Å². The standard InChI is InChI=1S/2C48H31N3.C43H27N3/c1-2-14-41(15-3-1)51-47-17-9-8-16-45(47)50-48(51)35-22-20-34(21-23-35)42-31-46(40-25-19-33-11-5-7-13-37(33)29-40)49-44-27-26-39(30-43(42)44)38-24-18-32-10-4-6-12-36(32)28-38;1-2-12-35(13-3-1)48-50-45-16-8-9-17-47(45)51(48)41-25-22-34(23-26-41)42-31-46(40-21-19-33-11-5-7-15-37(33)29-40)49-44-27-24-39(30-43(42)44)38-20-18-32-10-4-6-14-36(32)28-38;1-3-9-31-23-33(16-14-28(31)7-1)34-18-21-41-39(25-34)38(26-42(46-41)35-17-15-29-8-2-4-10-32(29)24-35)36-19-20-40(45-27-36)37-13-5-11-30-12-6-22-44-43(30)37/h2*1-31H;1-27H. The maximum absolute atomic E-state index is 5.25. The van der Waals surface area contributed by atoms with Crippen molar-refractivity contribution in [2.45, 2.75) is 0 Å². The van der Waals surface area contributed by atoms with E-state index in [4.69, 9.17) is 29.9 Å². The minimum Gasteiger partial charge on any atom is -0.292 e. The fourth-order valence-electron chi connectivity index (χ4n) is 21.3. The molecule has 0 aliphatic heterocycles. The molecular weight excluding hydrogens is 1800 g/mol. The highest BCUT2D eigenvalue weighted by Crippen LogP contribution is 2.45. The lowest BCUT2D eigenvalue weighted by Crippen LogP contribution is -1.98. The third-order valence-corrected chi connectivity index (χ3v) is 28.9. The zero-order valence-electron chi connectivity index (χ0n) is 80.4. The van der Waals surface area contributed by atoms with Gasteiger partial charge in [-0.2, -0.15) is 0 Å². The van der Waals surface area contributed by atoms with E-state index < -0.39 is 0 Å². The first-order chi connectivity index (χ1) is 73.3. The van der Waals surface area contributed by atoms with E-state index in [1.165, 1.54) is 92.5 Å². The van der Waals surface area contributed by atoms with Crippen LogP contribution in [0.1, 0.15) is 0 Å². The fraction of sp³-hybridized carbons (Fsp3) is 0. The lowest BCUT2D eigenvalue weighted by molar-refractivity contribution is 1.10. The van der Waals surface area contributed by atoms with Gasteiger partial charge in [0, 0.05) is 84.3 Å². The summed E-state index contributed by atoms with van der Waals surface area (Å²) in [6.45, 7) is 0. The van der Waals surface area contributed by atoms with Gasteiger partial charge in [0.25, 0.3) is 0 Å². The Bertz CT molecular complexity index is 10200. The third-order valence-electron chi connectivity index (χ3n) is 28.9. The van der Waals surface area contributed by atoms with Crippen molar-refractivity contribution < 1.29 is 0 Å². The molecule has 7 heterocycles. The summed E-state index contributed by atoms with van der Waals surface area (Å²) in [5.41, 5.74) is 34.1. The predicted molar refractivity (Wildman–Crippen MR) is 618 cm³/mol. The van der Waals surface area contributed by atoms with Gasteiger partial charge in [0.1, 0.15) is 11.6 Å². The number of aromatic nitrogens is 9. The van der Waals surface area contributed by atoms with Gasteiger partial charge in [-0.1, -0.05) is 376 Å². The van der Waals surface area contributed by atoms with Gasteiger partial charge in [-0.3, -0.25) is 19.1 Å². The first-order valence-corrected chi connectivity index (χ1v) is 50.1. The van der Waals surface area contributed by atoms with Crippen LogP contribution in [-0.4, -0.2) is 44.0 Å². The second kappa shape index (κ2) is 37.5. The Morgan fingerprint density at radius 3 is 0.851 bits per heavy atom. The highest BCUT2D eigenvalue weighted by Gasteiger charge is 2.23. The molecule has 9 nitrogen and oxygen atoms in total. The summed E-state index contributed by atoms with van der Waals surface area (Å²) in [6.07, 6.45) is 3.82. The Labute approximate surface area is 854 Å². The molecule has 22 aromatic carbocycles. The molecular formula is C139H89N9. The molecule has 0 bridgehead atoms. The average molecular weight is 1890 g/mol. The normalized spacial score (nSPS) is 11.5. The molecule has 0 saturated heterocycles. The molecule has 0 unspecified atom stereocenters. The summed E-state index contributed by atoms with van der Waals surface area (Å²) in [4.78, 5) is 35.5. The molecule has 148 heavy (non-hydrogen) atoms. The molecule has 9 heteroatoms. The van der Waals surface area contributed by atoms with Crippen molar-refractivity contribution in [2.75, 3.05) is 0 Å². The van der Waals surface area contributed by atoms with Crippen LogP contribution in [0.15, 0.2) is 540 Å². The Morgan fingerprint density at radius 1 is 0.149 bits per heavy atom. The molecule has 29 aromatic rings. The zero-order valence-corrected chi connectivity index (χ0v) is 80.4. The van der Waals surface area contributed by atoms with Crippen LogP contribution in [0.4, 0.5) is 0 Å². The fourth-order valence-corrected chi connectivity index (χ4v) is 21.3. The summed E-state index contributed by atoms with van der Waals surface area (Å²) >= 11 is 0. The molecule has 0 N–H and O–H groups in total. The van der Waals surface area contributed by atoms with Gasteiger partial charge in [0.15, 0.2) is 0 Å². The molecule has 0 atom stereocenters. The SMILES string of the molecule is c1ccc(-c2nc3ccccc3n2-c2ccc(-c3cc(-c4ccc5ccccc5c4)nc4ccc(-c5ccc6ccccc6c5)cc34)cc2)cc1.c1ccc(-n2c(-c3ccc(-c4cc(-c5ccc6ccccc6c5)nc5ccc(-c6ccc7ccccc7c6)cc45)cc3)nc3ccccc32)cc1.c1ccc2cc(-c3ccc4nc(-c5ccc6ccccc6c5)cc(-c5ccc(-c6cccc7cccnc67)nc5)c4c3)ccc2c1. The van der Waals surface area contributed by atoms with E-state index in [2.05, 4.69) is 512 Å². The maximum atomic E-state index is 5.25. The first kappa shape index (κ1) is 87.2. The van der Waals surface area contributed by atoms with Gasteiger partial charge >= 0.3 is 0 Å². The topological polar surface area (TPSA) is 100 Å². The minimum atomic E-state index is 0.901. The number of rotatable bonds is 14. The number of nitrogens with zero attached hydrogens (tertiary/aromatic N) is 9. The molecule has 0 aliphatic carbocycles. The van der Waals surface area contributed by atoms with E-state index in [0.717, 1.165) is 184 Å². The summed E-state index contributed by atoms with van der Waals surface area (Å²) in [5, 5.41) is 19.1. The van der Waals surface area contributed by atoms with Crippen molar-refractivity contribution in [2.24, 2.45) is 0 Å². The van der Waals surface area contributed by atoms with Gasteiger partial charge in [0.2, 0.25) is 0 Å². The Morgan fingerprint density at radius 2 is 0.446 bits per heavy atom. The Hall–Kier alpha value is -19.9. The monoisotopic (exact) mass is 1880 g/mol. The van der Waals surface area contributed by atoms with E-state index >= 15 is 0 Å². The van der Waals surface area contributed by atoms with Crippen LogP contribution in [0.5, 0.6) is 0 Å². The van der Waals surface area contributed by atoms with Gasteiger partial charge in [-0.25, -0.2) is 24.9 Å². The first-order valence-electron chi connectivity index (χ1n) is 50.1. The highest BCUT2D eigenvalue weighted by molar-refractivity contribution is 6.06. The number of fused-ring (bicyclic) bond motifs is 12. The van der Waals surface area contributed by atoms with Crippen LogP contribution in [-0.2, 0) is 0 Å². The summed E-state index contributed by atoms with van der Waals surface area (Å²) in [5.74, 6) is 1.85. The van der Waals surface area contributed by atoms with Crippen molar-refractivity contribution in [1.29, 1.82) is 0 Å². The van der Waals surface area contributed by atoms with E-state index in [9.17, 15) is 0 Å². The highest BCUT2D eigenvalue weighted by atomic mass is 15.1. The molecule has 29 rings (SSSR count). The number of hydrogen-bond acceptors (Lipinski definition) is 7. The third kappa shape index (κ3) is 16.7. The van der Waals surface area contributed by atoms with E-state index in [1.807, 2.05) is 42.7 Å². The van der Waals surface area contributed by atoms with Crippen LogP contribution in [0.2, 0.25) is 0 Å². The summed E-state index contributed by atoms with van der Waals surface area (Å²) in [7, 11) is 0. The quantitative estimate of drug-likeness (QED) is 0.107. The second-order valence-electron chi connectivity index (χ2n) is 37.9. The zero-order chi connectivity index (χ0) is 97.9. The minimum absolute atomic E-state index is 0.901. The number of para-hydroxylation sites is 6. The number of pyridine rings is 5. The molecule has 0 aliphatic rings. The molecule has 0 saturated carbocycles. The Balaban J connectivity index is 0.000000110. The van der Waals surface area contributed by atoms with Gasteiger partial charge in [-0.05, 0) is 277 Å². The molecule has 0 radical (unpaired) electrons. The average Bonchev–Trinajstić information content (AvgIpc) is 1.56. The van der Waals surface area contributed by atoms with Crippen LogP contribution >= 0.6 is 0 Å². The van der Waals surface area contributed by atoms with Crippen molar-refractivity contribution in [3.63, 3.8) is 0 Å². The molecule has 0 spiro atoms. The molecule has 0 amide bonds. The second-order valence-corrected chi connectivity index (χ2v) is 37.9. The molecule has 0 fully saturated rings.